The lowest BCUT2D eigenvalue weighted by atomic mass is 9.81. The zero-order valence-corrected chi connectivity index (χ0v) is 16.0. The molecule has 1 atom stereocenters. The van der Waals surface area contributed by atoms with Gasteiger partial charge in [-0.25, -0.2) is 9.78 Å². The van der Waals surface area contributed by atoms with Crippen LogP contribution in [-0.2, 0) is 6.42 Å². The Balaban J connectivity index is 2.00. The summed E-state index contributed by atoms with van der Waals surface area (Å²) in [5, 5.41) is 10.6. The standard InChI is InChI=1S/C20H16BrNO2S/c1-11-8-12(10-13-6-7-17(21)25-13)19-15(9-11)18(20(23)24)14-4-2-3-5-16(14)22-19/h2-7,10-11H,8-9H2,1H3,(H,23,24)/b12-10-/t11-/m1/s1. The van der Waals surface area contributed by atoms with Crippen molar-refractivity contribution in [1.29, 1.82) is 0 Å². The molecule has 1 N–H and O–H groups in total. The second-order valence-corrected chi connectivity index (χ2v) is 8.96. The van der Waals surface area contributed by atoms with E-state index in [0.29, 0.717) is 11.5 Å². The highest BCUT2D eigenvalue weighted by atomic mass is 79.9. The van der Waals surface area contributed by atoms with Crippen molar-refractivity contribution in [1.82, 2.24) is 4.98 Å². The molecule has 1 aromatic carbocycles. The monoisotopic (exact) mass is 413 g/mol. The van der Waals surface area contributed by atoms with Gasteiger partial charge in [0.1, 0.15) is 0 Å². The molecule has 0 amide bonds. The van der Waals surface area contributed by atoms with E-state index < -0.39 is 5.97 Å². The summed E-state index contributed by atoms with van der Waals surface area (Å²) < 4.78 is 1.08. The lowest BCUT2D eigenvalue weighted by Gasteiger charge is -2.26. The molecular weight excluding hydrogens is 398 g/mol. The van der Waals surface area contributed by atoms with Crippen molar-refractivity contribution in [3.05, 3.63) is 61.9 Å². The maximum Gasteiger partial charge on any atom is 0.336 e. The third-order valence-corrected chi connectivity index (χ3v) is 6.11. The molecule has 3 aromatic rings. The minimum absolute atomic E-state index is 0.392. The topological polar surface area (TPSA) is 50.2 Å². The van der Waals surface area contributed by atoms with Crippen LogP contribution in [0.15, 0.2) is 40.2 Å². The molecule has 3 nitrogen and oxygen atoms in total. The van der Waals surface area contributed by atoms with E-state index in [9.17, 15) is 9.90 Å². The number of carboxylic acid groups (broad SMARTS) is 1. The van der Waals surface area contributed by atoms with E-state index in [1.165, 1.54) is 0 Å². The fourth-order valence-corrected chi connectivity index (χ4v) is 4.95. The lowest BCUT2D eigenvalue weighted by molar-refractivity contribution is 0.0697. The van der Waals surface area contributed by atoms with Crippen LogP contribution in [0.4, 0.5) is 0 Å². The summed E-state index contributed by atoms with van der Waals surface area (Å²) in [5.74, 6) is -0.481. The SMILES string of the molecule is C[C@@H]1C/C(=C/c2ccc(Br)s2)c2nc3ccccc3c(C(=O)O)c2C1. The quantitative estimate of drug-likeness (QED) is 0.570. The number of fused-ring (bicyclic) bond motifs is 2. The number of hydrogen-bond acceptors (Lipinski definition) is 3. The molecular formula is C20H16BrNO2S. The van der Waals surface area contributed by atoms with Gasteiger partial charge in [-0.15, -0.1) is 11.3 Å². The molecule has 5 heteroatoms. The number of aromatic carboxylic acids is 1. The number of hydrogen-bond donors (Lipinski definition) is 1. The largest absolute Gasteiger partial charge is 0.478 e. The summed E-state index contributed by atoms with van der Waals surface area (Å²) in [6, 6.07) is 11.6. The van der Waals surface area contributed by atoms with Crippen LogP contribution in [0, 0.1) is 5.92 Å². The number of carboxylic acids is 1. The van der Waals surface area contributed by atoms with Crippen molar-refractivity contribution in [2.75, 3.05) is 0 Å². The number of allylic oxidation sites excluding steroid dienone is 1. The van der Waals surface area contributed by atoms with E-state index in [1.807, 2.05) is 30.3 Å². The molecule has 1 aliphatic rings. The Kier molecular flexibility index (Phi) is 4.21. The number of benzene rings is 1. The first kappa shape index (κ1) is 16.5. The van der Waals surface area contributed by atoms with Crippen LogP contribution in [0.25, 0.3) is 22.6 Å². The van der Waals surface area contributed by atoms with Crippen LogP contribution in [0.3, 0.4) is 0 Å². The van der Waals surface area contributed by atoms with Gasteiger partial charge < -0.3 is 5.11 Å². The molecule has 2 heterocycles. The Morgan fingerprint density at radius 2 is 2.08 bits per heavy atom. The summed E-state index contributed by atoms with van der Waals surface area (Å²) in [5.41, 5.74) is 3.98. The molecule has 0 spiro atoms. The van der Waals surface area contributed by atoms with Gasteiger partial charge in [0, 0.05) is 10.3 Å². The zero-order chi connectivity index (χ0) is 17.6. The van der Waals surface area contributed by atoms with Gasteiger partial charge >= 0.3 is 5.97 Å². The van der Waals surface area contributed by atoms with Gasteiger partial charge in [-0.3, -0.25) is 0 Å². The Bertz CT molecular complexity index is 1020. The molecule has 25 heavy (non-hydrogen) atoms. The molecule has 2 aromatic heterocycles. The number of nitrogens with zero attached hydrogens (tertiary/aromatic N) is 1. The van der Waals surface area contributed by atoms with Crippen LogP contribution in [-0.4, -0.2) is 16.1 Å². The number of carbonyl (C=O) groups is 1. The third-order valence-electron chi connectivity index (χ3n) is 4.54. The van der Waals surface area contributed by atoms with Crippen LogP contribution >= 0.6 is 27.3 Å². The molecule has 1 aliphatic carbocycles. The first-order chi connectivity index (χ1) is 12.0. The van der Waals surface area contributed by atoms with Gasteiger partial charge in [-0.2, -0.15) is 0 Å². The number of rotatable bonds is 2. The molecule has 4 rings (SSSR count). The molecule has 0 unspecified atom stereocenters. The van der Waals surface area contributed by atoms with Crippen molar-refractivity contribution in [2.24, 2.45) is 5.92 Å². The van der Waals surface area contributed by atoms with Crippen molar-refractivity contribution in [3.63, 3.8) is 0 Å². The summed E-state index contributed by atoms with van der Waals surface area (Å²) in [4.78, 5) is 18.0. The minimum Gasteiger partial charge on any atom is -0.478 e. The number of aromatic nitrogens is 1. The normalized spacial score (nSPS) is 18.5. The number of thiophene rings is 1. The van der Waals surface area contributed by atoms with Crippen molar-refractivity contribution >= 4 is 55.8 Å². The number of para-hydroxylation sites is 1. The predicted octanol–water partition coefficient (Wildman–Crippen LogP) is 5.88. The van der Waals surface area contributed by atoms with E-state index in [1.54, 1.807) is 11.3 Å². The second-order valence-electron chi connectivity index (χ2n) is 6.46. The molecule has 0 fully saturated rings. The van der Waals surface area contributed by atoms with E-state index >= 15 is 0 Å². The van der Waals surface area contributed by atoms with Gasteiger partial charge in [0.2, 0.25) is 0 Å². The first-order valence-electron chi connectivity index (χ1n) is 8.14. The number of halogens is 1. The Labute approximate surface area is 158 Å². The van der Waals surface area contributed by atoms with E-state index in [2.05, 4.69) is 35.0 Å². The van der Waals surface area contributed by atoms with Crippen molar-refractivity contribution in [2.45, 2.75) is 19.8 Å². The van der Waals surface area contributed by atoms with E-state index in [-0.39, 0.29) is 0 Å². The van der Waals surface area contributed by atoms with Gasteiger partial charge in [-0.1, -0.05) is 25.1 Å². The van der Waals surface area contributed by atoms with E-state index in [0.717, 1.165) is 49.2 Å². The summed E-state index contributed by atoms with van der Waals surface area (Å²) in [6.07, 6.45) is 3.81. The maximum absolute atomic E-state index is 12.0. The van der Waals surface area contributed by atoms with Gasteiger partial charge in [0.05, 0.1) is 20.6 Å². The Hall–Kier alpha value is -1.98. The molecule has 0 bridgehead atoms. The van der Waals surface area contributed by atoms with Gasteiger partial charge in [0.25, 0.3) is 0 Å². The third kappa shape index (κ3) is 3.02. The first-order valence-corrected chi connectivity index (χ1v) is 9.75. The highest BCUT2D eigenvalue weighted by Gasteiger charge is 2.27. The lowest BCUT2D eigenvalue weighted by Crippen LogP contribution is -2.17. The van der Waals surface area contributed by atoms with Crippen molar-refractivity contribution in [3.8, 4) is 0 Å². The summed E-state index contributed by atoms with van der Waals surface area (Å²) in [7, 11) is 0. The summed E-state index contributed by atoms with van der Waals surface area (Å²) >= 11 is 5.17. The highest BCUT2D eigenvalue weighted by Crippen LogP contribution is 2.39. The predicted molar refractivity (Wildman–Crippen MR) is 106 cm³/mol. The molecule has 126 valence electrons. The summed E-state index contributed by atoms with van der Waals surface area (Å²) in [6.45, 7) is 2.17. The molecule has 0 saturated heterocycles. The highest BCUT2D eigenvalue weighted by molar-refractivity contribution is 9.11. The fraction of sp³-hybridized carbons (Fsp3) is 0.200. The van der Waals surface area contributed by atoms with Crippen LogP contribution in [0.1, 0.15) is 39.8 Å². The van der Waals surface area contributed by atoms with E-state index in [4.69, 9.17) is 4.98 Å². The average molecular weight is 414 g/mol. The van der Waals surface area contributed by atoms with Crippen molar-refractivity contribution < 1.29 is 9.90 Å². The smallest absolute Gasteiger partial charge is 0.336 e. The number of pyridine rings is 1. The molecule has 0 radical (unpaired) electrons. The van der Waals surface area contributed by atoms with Crippen LogP contribution in [0.5, 0.6) is 0 Å². The maximum atomic E-state index is 12.0. The fourth-order valence-electron chi connectivity index (χ4n) is 3.56. The minimum atomic E-state index is -0.873. The van der Waals surface area contributed by atoms with Gasteiger partial charge in [0.15, 0.2) is 0 Å². The van der Waals surface area contributed by atoms with Crippen LogP contribution < -0.4 is 0 Å². The average Bonchev–Trinajstić information content (AvgIpc) is 2.97. The van der Waals surface area contributed by atoms with Gasteiger partial charge in [-0.05, 0) is 70.1 Å². The van der Waals surface area contributed by atoms with Crippen LogP contribution in [0.2, 0.25) is 0 Å². The Morgan fingerprint density at radius 1 is 1.28 bits per heavy atom. The second kappa shape index (κ2) is 6.39. The zero-order valence-electron chi connectivity index (χ0n) is 13.6. The molecule has 0 saturated carbocycles. The molecule has 0 aliphatic heterocycles. The Morgan fingerprint density at radius 3 is 2.80 bits per heavy atom.